The molecular formula is C17H21N3. The Morgan fingerprint density at radius 3 is 2.45 bits per heavy atom. The molecule has 0 aliphatic carbocycles. The molecule has 1 aliphatic rings. The van der Waals surface area contributed by atoms with Gasteiger partial charge in [0.1, 0.15) is 0 Å². The predicted octanol–water partition coefficient (Wildman–Crippen LogP) is 3.12. The first-order chi connectivity index (χ1) is 9.86. The summed E-state index contributed by atoms with van der Waals surface area (Å²) < 4.78 is 0. The first-order valence-corrected chi connectivity index (χ1v) is 7.37. The van der Waals surface area contributed by atoms with Gasteiger partial charge in [-0.05, 0) is 37.0 Å². The van der Waals surface area contributed by atoms with Gasteiger partial charge in [0.05, 0.1) is 23.8 Å². The maximum atomic E-state index is 4.35. The van der Waals surface area contributed by atoms with Gasteiger partial charge >= 0.3 is 0 Å². The van der Waals surface area contributed by atoms with Gasteiger partial charge in [0.15, 0.2) is 0 Å². The molecule has 2 aromatic rings. The van der Waals surface area contributed by atoms with E-state index >= 15 is 0 Å². The van der Waals surface area contributed by atoms with Crippen LogP contribution in [-0.2, 0) is 12.8 Å². The largest absolute Gasteiger partial charge is 0.384 e. The van der Waals surface area contributed by atoms with Crippen LogP contribution in [0.25, 0.3) is 0 Å². The molecule has 104 valence electrons. The van der Waals surface area contributed by atoms with Crippen LogP contribution in [-0.4, -0.2) is 24.6 Å². The maximum absolute atomic E-state index is 4.35. The van der Waals surface area contributed by atoms with Crippen molar-refractivity contribution in [1.82, 2.24) is 4.98 Å². The second-order valence-corrected chi connectivity index (χ2v) is 5.22. The number of aromatic nitrogens is 1. The van der Waals surface area contributed by atoms with Crippen molar-refractivity contribution in [1.29, 1.82) is 0 Å². The van der Waals surface area contributed by atoms with E-state index in [2.05, 4.69) is 52.5 Å². The van der Waals surface area contributed by atoms with Crippen molar-refractivity contribution >= 4 is 11.4 Å². The molecule has 0 saturated carbocycles. The zero-order chi connectivity index (χ0) is 13.8. The molecule has 2 heterocycles. The molecule has 0 fully saturated rings. The highest BCUT2D eigenvalue weighted by Crippen LogP contribution is 2.22. The van der Waals surface area contributed by atoms with E-state index < -0.39 is 0 Å². The third-order valence-corrected chi connectivity index (χ3v) is 3.89. The molecule has 3 heteroatoms. The van der Waals surface area contributed by atoms with E-state index in [0.717, 1.165) is 38.2 Å². The predicted molar refractivity (Wildman–Crippen MR) is 84.5 cm³/mol. The number of pyridine rings is 1. The minimum absolute atomic E-state index is 0.927. The molecule has 0 unspecified atom stereocenters. The Morgan fingerprint density at radius 2 is 1.80 bits per heavy atom. The normalized spacial score (nSPS) is 14.6. The molecule has 0 atom stereocenters. The fourth-order valence-corrected chi connectivity index (χ4v) is 2.83. The molecule has 0 amide bonds. The van der Waals surface area contributed by atoms with Crippen molar-refractivity contribution < 1.29 is 0 Å². The van der Waals surface area contributed by atoms with E-state index in [0.29, 0.717) is 0 Å². The van der Waals surface area contributed by atoms with Crippen LogP contribution < -0.4 is 10.2 Å². The molecule has 1 N–H and O–H groups in total. The lowest BCUT2D eigenvalue weighted by Gasteiger charge is -2.22. The van der Waals surface area contributed by atoms with Crippen molar-refractivity contribution in [3.63, 3.8) is 0 Å². The number of hydrogen-bond donors (Lipinski definition) is 1. The lowest BCUT2D eigenvalue weighted by molar-refractivity contribution is 0.803. The highest BCUT2D eigenvalue weighted by molar-refractivity contribution is 5.56. The number of hydrogen-bond acceptors (Lipinski definition) is 3. The van der Waals surface area contributed by atoms with Crippen molar-refractivity contribution in [2.75, 3.05) is 29.9 Å². The smallest absolute Gasteiger partial charge is 0.0573 e. The van der Waals surface area contributed by atoms with E-state index in [4.69, 9.17) is 0 Å². The number of anilines is 2. The van der Waals surface area contributed by atoms with Gasteiger partial charge in [-0.25, -0.2) is 0 Å². The van der Waals surface area contributed by atoms with Crippen molar-refractivity contribution in [2.45, 2.75) is 19.8 Å². The number of fused-ring (bicyclic) bond motifs is 1. The summed E-state index contributed by atoms with van der Waals surface area (Å²) in [6, 6.07) is 11.0. The molecule has 1 aliphatic heterocycles. The molecule has 0 spiro atoms. The quantitative estimate of drug-likeness (QED) is 0.926. The van der Waals surface area contributed by atoms with E-state index in [1.807, 2.05) is 12.4 Å². The van der Waals surface area contributed by atoms with Crippen LogP contribution in [0, 0.1) is 0 Å². The Kier molecular flexibility index (Phi) is 3.86. The summed E-state index contributed by atoms with van der Waals surface area (Å²) in [5.74, 6) is 0. The summed E-state index contributed by atoms with van der Waals surface area (Å²) in [4.78, 5) is 6.79. The van der Waals surface area contributed by atoms with Gasteiger partial charge < -0.3 is 10.2 Å². The fraction of sp³-hybridized carbons (Fsp3) is 0.353. The zero-order valence-corrected chi connectivity index (χ0v) is 12.0. The summed E-state index contributed by atoms with van der Waals surface area (Å²) in [6.07, 6.45) is 6.08. The highest BCUT2D eigenvalue weighted by Gasteiger charge is 2.14. The van der Waals surface area contributed by atoms with Gasteiger partial charge in [-0.15, -0.1) is 0 Å². The Labute approximate surface area is 120 Å². The number of nitrogens with zero attached hydrogens (tertiary/aromatic N) is 2. The summed E-state index contributed by atoms with van der Waals surface area (Å²) in [5.41, 5.74) is 5.31. The number of benzene rings is 1. The van der Waals surface area contributed by atoms with Crippen LogP contribution in [0.5, 0.6) is 0 Å². The Balaban J connectivity index is 1.78. The zero-order valence-electron chi connectivity index (χ0n) is 12.0. The molecule has 1 aromatic heterocycles. The Morgan fingerprint density at radius 1 is 1.10 bits per heavy atom. The summed E-state index contributed by atoms with van der Waals surface area (Å²) in [5, 5.41) is 3.33. The third kappa shape index (κ3) is 2.77. The summed E-state index contributed by atoms with van der Waals surface area (Å²) >= 11 is 0. The van der Waals surface area contributed by atoms with Gasteiger partial charge in [0, 0.05) is 19.6 Å². The topological polar surface area (TPSA) is 28.2 Å². The van der Waals surface area contributed by atoms with E-state index in [9.17, 15) is 0 Å². The minimum Gasteiger partial charge on any atom is -0.384 e. The molecule has 0 bridgehead atoms. The van der Waals surface area contributed by atoms with Crippen molar-refractivity contribution in [3.05, 3.63) is 53.9 Å². The Bertz CT molecular complexity index is 553. The standard InChI is InChI=1S/C17H21N3/c1-2-19-16-11-17(13-18-12-16)20-9-7-14-5-3-4-6-15(14)8-10-20/h3-6,11-13,19H,2,7-10H2,1H3. The molecule has 0 saturated heterocycles. The minimum atomic E-state index is 0.927. The molecule has 0 radical (unpaired) electrons. The van der Waals surface area contributed by atoms with Gasteiger partial charge in [-0.1, -0.05) is 24.3 Å². The van der Waals surface area contributed by atoms with Crippen LogP contribution >= 0.6 is 0 Å². The number of rotatable bonds is 3. The van der Waals surface area contributed by atoms with Gasteiger partial charge in [-0.3, -0.25) is 4.98 Å². The molecule has 20 heavy (non-hydrogen) atoms. The van der Waals surface area contributed by atoms with E-state index in [1.165, 1.54) is 16.8 Å². The Hall–Kier alpha value is -2.03. The van der Waals surface area contributed by atoms with Crippen LogP contribution in [0.3, 0.4) is 0 Å². The summed E-state index contributed by atoms with van der Waals surface area (Å²) in [7, 11) is 0. The first kappa shape index (κ1) is 13.0. The van der Waals surface area contributed by atoms with Crippen molar-refractivity contribution in [3.8, 4) is 0 Å². The average molecular weight is 267 g/mol. The fourth-order valence-electron chi connectivity index (χ4n) is 2.83. The highest BCUT2D eigenvalue weighted by atomic mass is 15.1. The second kappa shape index (κ2) is 5.95. The van der Waals surface area contributed by atoms with Gasteiger partial charge in [-0.2, -0.15) is 0 Å². The third-order valence-electron chi connectivity index (χ3n) is 3.89. The SMILES string of the molecule is CCNc1cncc(N2CCc3ccccc3CC2)c1. The summed E-state index contributed by atoms with van der Waals surface area (Å²) in [6.45, 7) is 5.16. The van der Waals surface area contributed by atoms with Gasteiger partial charge in [0.2, 0.25) is 0 Å². The average Bonchev–Trinajstić information content (AvgIpc) is 2.70. The van der Waals surface area contributed by atoms with E-state index in [-0.39, 0.29) is 0 Å². The molecule has 1 aromatic carbocycles. The lowest BCUT2D eigenvalue weighted by Crippen LogP contribution is -2.26. The maximum Gasteiger partial charge on any atom is 0.0573 e. The monoisotopic (exact) mass is 267 g/mol. The van der Waals surface area contributed by atoms with Crippen molar-refractivity contribution in [2.24, 2.45) is 0 Å². The second-order valence-electron chi connectivity index (χ2n) is 5.22. The first-order valence-electron chi connectivity index (χ1n) is 7.37. The van der Waals surface area contributed by atoms with E-state index in [1.54, 1.807) is 0 Å². The molecule has 3 rings (SSSR count). The number of nitrogens with one attached hydrogen (secondary N) is 1. The lowest BCUT2D eigenvalue weighted by atomic mass is 10.0. The van der Waals surface area contributed by atoms with Crippen LogP contribution in [0.1, 0.15) is 18.1 Å². The van der Waals surface area contributed by atoms with Crippen LogP contribution in [0.2, 0.25) is 0 Å². The molecular weight excluding hydrogens is 246 g/mol. The van der Waals surface area contributed by atoms with Crippen LogP contribution in [0.15, 0.2) is 42.7 Å². The van der Waals surface area contributed by atoms with Crippen LogP contribution in [0.4, 0.5) is 11.4 Å². The molecule has 3 nitrogen and oxygen atoms in total. The van der Waals surface area contributed by atoms with Gasteiger partial charge in [0.25, 0.3) is 0 Å².